The molecule has 7 heteroatoms. The monoisotopic (exact) mass is 375 g/mol. The number of ether oxygens (including phenoxy) is 1. The van der Waals surface area contributed by atoms with E-state index >= 15 is 0 Å². The smallest absolute Gasteiger partial charge is 0.335 e. The maximum absolute atomic E-state index is 13.0. The first kappa shape index (κ1) is 17.5. The van der Waals surface area contributed by atoms with Gasteiger partial charge in [-0.2, -0.15) is 0 Å². The zero-order chi connectivity index (χ0) is 19.8. The molecule has 1 aliphatic heterocycles. The second kappa shape index (κ2) is 6.70. The molecule has 140 valence electrons. The van der Waals surface area contributed by atoms with Gasteiger partial charge in [0.25, 0.3) is 11.8 Å². The lowest BCUT2D eigenvalue weighted by Gasteiger charge is -2.26. The molecule has 3 aromatic rings. The summed E-state index contributed by atoms with van der Waals surface area (Å²) >= 11 is 0. The normalized spacial score (nSPS) is 16.0. The predicted octanol–water partition coefficient (Wildman–Crippen LogP) is 2.85. The first-order valence-corrected chi connectivity index (χ1v) is 8.59. The van der Waals surface area contributed by atoms with E-state index in [4.69, 9.17) is 4.74 Å². The molecule has 0 aliphatic carbocycles. The molecule has 0 saturated carbocycles. The fraction of sp³-hybridized carbons (Fsp3) is 0.0952. The fourth-order valence-electron chi connectivity index (χ4n) is 3.24. The Balaban J connectivity index is 1.78. The molecule has 28 heavy (non-hydrogen) atoms. The highest BCUT2D eigenvalue weighted by Gasteiger charge is 2.37. The molecule has 4 amide bonds. The van der Waals surface area contributed by atoms with Crippen LogP contribution in [0.3, 0.4) is 0 Å². The maximum Gasteiger partial charge on any atom is 0.335 e. The van der Waals surface area contributed by atoms with Crippen LogP contribution in [-0.2, 0) is 16.6 Å². The molecule has 0 spiro atoms. The van der Waals surface area contributed by atoms with Crippen molar-refractivity contribution in [1.29, 1.82) is 0 Å². The van der Waals surface area contributed by atoms with Crippen LogP contribution in [-0.4, -0.2) is 29.5 Å². The second-order valence-electron chi connectivity index (χ2n) is 6.35. The Morgan fingerprint density at radius 2 is 1.79 bits per heavy atom. The molecule has 0 bridgehead atoms. The molecule has 1 aliphatic rings. The number of aromatic nitrogens is 1. The van der Waals surface area contributed by atoms with Gasteiger partial charge in [-0.1, -0.05) is 24.3 Å². The van der Waals surface area contributed by atoms with Crippen LogP contribution in [0.1, 0.15) is 5.69 Å². The summed E-state index contributed by atoms with van der Waals surface area (Å²) in [6.45, 7) is 0. The largest absolute Gasteiger partial charge is 0.497 e. The Hall–Kier alpha value is -3.87. The van der Waals surface area contributed by atoms with Gasteiger partial charge < -0.3 is 9.30 Å². The summed E-state index contributed by atoms with van der Waals surface area (Å²) in [6, 6.07) is 15.4. The predicted molar refractivity (Wildman–Crippen MR) is 105 cm³/mol. The van der Waals surface area contributed by atoms with Crippen molar-refractivity contribution in [3.8, 4) is 5.75 Å². The van der Waals surface area contributed by atoms with Gasteiger partial charge in [0.2, 0.25) is 0 Å². The molecule has 0 radical (unpaired) electrons. The number of urea groups is 1. The highest BCUT2D eigenvalue weighted by atomic mass is 16.5. The van der Waals surface area contributed by atoms with Crippen LogP contribution in [0.4, 0.5) is 10.5 Å². The third-order valence-electron chi connectivity index (χ3n) is 4.69. The standard InChI is InChI=1S/C21H17N3O4/c1-23-15(10-13-6-3-4-9-18(13)23)12-17-19(25)22-21(27)24(20(17)26)14-7-5-8-16(11-14)28-2/h3-12H,1-2H3,(H,22,25,27)/b17-12-. The quantitative estimate of drug-likeness (QED) is 0.564. The number of fused-ring (bicyclic) bond motifs is 1. The molecule has 0 unspecified atom stereocenters. The molecule has 1 N–H and O–H groups in total. The van der Waals surface area contributed by atoms with E-state index < -0.39 is 17.8 Å². The number of rotatable bonds is 3. The van der Waals surface area contributed by atoms with Gasteiger partial charge in [-0.15, -0.1) is 0 Å². The van der Waals surface area contributed by atoms with Crippen molar-refractivity contribution >= 4 is 40.5 Å². The van der Waals surface area contributed by atoms with Crippen LogP contribution >= 0.6 is 0 Å². The zero-order valence-electron chi connectivity index (χ0n) is 15.3. The van der Waals surface area contributed by atoms with E-state index in [0.29, 0.717) is 17.1 Å². The lowest BCUT2D eigenvalue weighted by molar-refractivity contribution is -0.122. The Morgan fingerprint density at radius 1 is 1.00 bits per heavy atom. The fourth-order valence-corrected chi connectivity index (χ4v) is 3.24. The lowest BCUT2D eigenvalue weighted by Crippen LogP contribution is -2.54. The summed E-state index contributed by atoms with van der Waals surface area (Å²) in [7, 11) is 3.34. The average molecular weight is 375 g/mol. The van der Waals surface area contributed by atoms with Crippen LogP contribution in [0.15, 0.2) is 60.2 Å². The van der Waals surface area contributed by atoms with Crippen molar-refractivity contribution in [2.45, 2.75) is 0 Å². The number of nitrogens with zero attached hydrogens (tertiary/aromatic N) is 2. The van der Waals surface area contributed by atoms with E-state index in [1.807, 2.05) is 41.9 Å². The van der Waals surface area contributed by atoms with Gasteiger partial charge in [-0.25, -0.2) is 9.69 Å². The highest BCUT2D eigenvalue weighted by Crippen LogP contribution is 2.26. The number of para-hydroxylation sites is 1. The van der Waals surface area contributed by atoms with E-state index in [9.17, 15) is 14.4 Å². The van der Waals surface area contributed by atoms with Crippen molar-refractivity contribution in [3.05, 3.63) is 65.9 Å². The number of anilines is 1. The molecule has 7 nitrogen and oxygen atoms in total. The number of carbonyl (C=O) groups excluding carboxylic acids is 3. The summed E-state index contributed by atoms with van der Waals surface area (Å²) < 4.78 is 7.04. The van der Waals surface area contributed by atoms with Crippen molar-refractivity contribution in [2.24, 2.45) is 7.05 Å². The van der Waals surface area contributed by atoms with Gasteiger partial charge in [-0.3, -0.25) is 14.9 Å². The molecule has 4 rings (SSSR count). The number of barbiturate groups is 1. The molecular formula is C21H17N3O4. The van der Waals surface area contributed by atoms with E-state index in [0.717, 1.165) is 15.8 Å². The molecule has 1 aromatic heterocycles. The number of methoxy groups -OCH3 is 1. The first-order valence-electron chi connectivity index (χ1n) is 8.59. The summed E-state index contributed by atoms with van der Waals surface area (Å²) in [4.78, 5) is 38.6. The van der Waals surface area contributed by atoms with Crippen molar-refractivity contribution < 1.29 is 19.1 Å². The number of nitrogens with one attached hydrogen (secondary N) is 1. The number of hydrogen-bond acceptors (Lipinski definition) is 4. The Morgan fingerprint density at radius 3 is 2.54 bits per heavy atom. The number of hydrogen-bond donors (Lipinski definition) is 1. The Labute approximate surface area is 160 Å². The Kier molecular flexibility index (Phi) is 4.19. The van der Waals surface area contributed by atoms with Crippen LogP contribution in [0.5, 0.6) is 5.75 Å². The molecule has 1 saturated heterocycles. The zero-order valence-corrected chi connectivity index (χ0v) is 15.3. The minimum absolute atomic E-state index is 0.117. The summed E-state index contributed by atoms with van der Waals surface area (Å²) in [5.74, 6) is -0.916. The number of aryl methyl sites for hydroxylation is 1. The Bertz CT molecular complexity index is 1160. The summed E-state index contributed by atoms with van der Waals surface area (Å²) in [5.41, 5.74) is 1.85. The maximum atomic E-state index is 13.0. The third-order valence-corrected chi connectivity index (χ3v) is 4.69. The van der Waals surface area contributed by atoms with Crippen LogP contribution < -0.4 is 15.0 Å². The lowest BCUT2D eigenvalue weighted by atomic mass is 10.1. The highest BCUT2D eigenvalue weighted by molar-refractivity contribution is 6.39. The second-order valence-corrected chi connectivity index (χ2v) is 6.35. The number of carbonyl (C=O) groups is 3. The number of imide groups is 2. The van der Waals surface area contributed by atoms with Crippen molar-refractivity contribution in [3.63, 3.8) is 0 Å². The molecule has 2 heterocycles. The van der Waals surface area contributed by atoms with Gasteiger partial charge in [0.1, 0.15) is 11.3 Å². The average Bonchev–Trinajstić information content (AvgIpc) is 3.01. The van der Waals surface area contributed by atoms with E-state index in [-0.39, 0.29) is 5.57 Å². The summed E-state index contributed by atoms with van der Waals surface area (Å²) in [6.07, 6.45) is 1.50. The number of amides is 4. The van der Waals surface area contributed by atoms with E-state index in [1.165, 1.54) is 13.2 Å². The summed E-state index contributed by atoms with van der Waals surface area (Å²) in [5, 5.41) is 3.22. The third kappa shape index (κ3) is 2.83. The molecule has 2 aromatic carbocycles. The molecular weight excluding hydrogens is 358 g/mol. The molecule has 1 fully saturated rings. The van der Waals surface area contributed by atoms with Crippen LogP contribution in [0.25, 0.3) is 17.0 Å². The van der Waals surface area contributed by atoms with Gasteiger partial charge in [0.15, 0.2) is 0 Å². The van der Waals surface area contributed by atoms with E-state index in [2.05, 4.69) is 5.32 Å². The van der Waals surface area contributed by atoms with Crippen LogP contribution in [0, 0.1) is 0 Å². The topological polar surface area (TPSA) is 80.6 Å². The van der Waals surface area contributed by atoms with Gasteiger partial charge in [0, 0.05) is 29.7 Å². The van der Waals surface area contributed by atoms with Gasteiger partial charge in [-0.05, 0) is 30.3 Å². The van der Waals surface area contributed by atoms with Crippen molar-refractivity contribution in [2.75, 3.05) is 12.0 Å². The molecule has 0 atom stereocenters. The first-order chi connectivity index (χ1) is 13.5. The van der Waals surface area contributed by atoms with Crippen LogP contribution in [0.2, 0.25) is 0 Å². The van der Waals surface area contributed by atoms with Gasteiger partial charge in [0.05, 0.1) is 12.8 Å². The SMILES string of the molecule is COc1cccc(N2C(=O)NC(=O)/C(=C/c3cc4ccccc4n3C)C2=O)c1. The minimum atomic E-state index is -0.794. The van der Waals surface area contributed by atoms with Crippen molar-refractivity contribution in [1.82, 2.24) is 9.88 Å². The van der Waals surface area contributed by atoms with Gasteiger partial charge >= 0.3 is 6.03 Å². The number of benzene rings is 2. The van der Waals surface area contributed by atoms with E-state index in [1.54, 1.807) is 24.3 Å². The minimum Gasteiger partial charge on any atom is -0.497 e.